The molecule has 0 aliphatic heterocycles. The molecule has 27 heavy (non-hydrogen) atoms. The van der Waals surface area contributed by atoms with Crippen LogP contribution in [0.1, 0.15) is 31.2 Å². The number of carbonyl (C=O) groups is 1. The Labute approximate surface area is 165 Å². The van der Waals surface area contributed by atoms with Crippen LogP contribution in [0.15, 0.2) is 59.5 Å². The highest BCUT2D eigenvalue weighted by Crippen LogP contribution is 2.41. The van der Waals surface area contributed by atoms with Crippen LogP contribution in [0.2, 0.25) is 5.02 Å². The fourth-order valence-electron chi connectivity index (χ4n) is 3.63. The zero-order valence-corrected chi connectivity index (χ0v) is 16.5. The van der Waals surface area contributed by atoms with Crippen LogP contribution >= 0.6 is 11.6 Å². The van der Waals surface area contributed by atoms with Gasteiger partial charge in [0, 0.05) is 18.1 Å². The van der Waals surface area contributed by atoms with Crippen LogP contribution < -0.4 is 10.0 Å². The maximum atomic E-state index is 12.9. The predicted octanol–water partition coefficient (Wildman–Crippen LogP) is 3.25. The lowest BCUT2D eigenvalue weighted by Crippen LogP contribution is -2.45. The smallest absolute Gasteiger partial charge is 0.240 e. The van der Waals surface area contributed by atoms with Crippen LogP contribution in [0.25, 0.3) is 0 Å². The normalized spacial score (nSPS) is 16.2. The van der Waals surface area contributed by atoms with Crippen molar-refractivity contribution < 1.29 is 13.2 Å². The first-order valence-electron chi connectivity index (χ1n) is 9.03. The molecule has 0 radical (unpaired) electrons. The quantitative estimate of drug-likeness (QED) is 0.693. The van der Waals surface area contributed by atoms with Crippen LogP contribution in [0.5, 0.6) is 0 Å². The molecule has 0 unspecified atom stereocenters. The van der Waals surface area contributed by atoms with Crippen molar-refractivity contribution in [3.63, 3.8) is 0 Å². The molecule has 2 aromatic carbocycles. The minimum atomic E-state index is -3.57. The predicted molar refractivity (Wildman–Crippen MR) is 106 cm³/mol. The first-order chi connectivity index (χ1) is 12.9. The van der Waals surface area contributed by atoms with E-state index in [9.17, 15) is 13.2 Å². The number of sulfonamides is 1. The lowest BCUT2D eigenvalue weighted by Gasteiger charge is -2.28. The first-order valence-corrected chi connectivity index (χ1v) is 10.9. The number of nitrogens with one attached hydrogen (secondary N) is 2. The summed E-state index contributed by atoms with van der Waals surface area (Å²) in [5, 5.41) is 3.51. The number of benzene rings is 2. The molecule has 0 saturated heterocycles. The summed E-state index contributed by atoms with van der Waals surface area (Å²) in [6, 6.07) is 15.6. The maximum Gasteiger partial charge on any atom is 0.240 e. The summed E-state index contributed by atoms with van der Waals surface area (Å²) >= 11 is 6.12. The largest absolute Gasteiger partial charge is 0.354 e. The lowest BCUT2D eigenvalue weighted by atomic mass is 9.78. The Kier molecular flexibility index (Phi) is 6.19. The van der Waals surface area contributed by atoms with Gasteiger partial charge >= 0.3 is 0 Å². The Morgan fingerprint density at radius 3 is 2.37 bits per heavy atom. The number of rotatable bonds is 7. The summed E-state index contributed by atoms with van der Waals surface area (Å²) < 4.78 is 27.0. The number of hydrogen-bond donors (Lipinski definition) is 2. The molecular weight excluding hydrogens is 384 g/mol. The highest BCUT2D eigenvalue weighted by molar-refractivity contribution is 7.89. The summed E-state index contributed by atoms with van der Waals surface area (Å²) in [5.74, 6) is -0.0684. The molecule has 144 valence electrons. The molecule has 1 amide bonds. The Hall–Kier alpha value is -1.89. The Morgan fingerprint density at radius 1 is 1.00 bits per heavy atom. The molecule has 7 heteroatoms. The molecule has 0 spiro atoms. The van der Waals surface area contributed by atoms with Gasteiger partial charge in [-0.3, -0.25) is 4.79 Å². The topological polar surface area (TPSA) is 75.3 Å². The fourth-order valence-corrected chi connectivity index (χ4v) is 4.87. The van der Waals surface area contributed by atoms with Gasteiger partial charge in [0.05, 0.1) is 10.3 Å². The van der Waals surface area contributed by atoms with Crippen molar-refractivity contribution in [3.05, 3.63) is 65.2 Å². The van der Waals surface area contributed by atoms with E-state index in [1.165, 1.54) is 12.1 Å². The number of amides is 1. The van der Waals surface area contributed by atoms with E-state index in [-0.39, 0.29) is 23.9 Å². The van der Waals surface area contributed by atoms with E-state index in [0.717, 1.165) is 31.2 Å². The molecule has 3 rings (SSSR count). The van der Waals surface area contributed by atoms with Crippen molar-refractivity contribution in [2.24, 2.45) is 0 Å². The van der Waals surface area contributed by atoms with Gasteiger partial charge in [-0.25, -0.2) is 13.1 Å². The van der Waals surface area contributed by atoms with Gasteiger partial charge in [-0.1, -0.05) is 54.8 Å². The van der Waals surface area contributed by atoms with Gasteiger partial charge in [-0.05, 0) is 42.7 Å². The van der Waals surface area contributed by atoms with Crippen molar-refractivity contribution in [1.29, 1.82) is 0 Å². The average molecular weight is 407 g/mol. The molecule has 0 atom stereocenters. The molecule has 1 aliphatic rings. The van der Waals surface area contributed by atoms with Gasteiger partial charge in [0.15, 0.2) is 0 Å². The number of carbonyl (C=O) groups excluding carboxylic acids is 1. The molecule has 0 heterocycles. The Balaban J connectivity index is 1.61. The van der Waals surface area contributed by atoms with Gasteiger partial charge in [0.25, 0.3) is 0 Å². The second kappa shape index (κ2) is 8.42. The standard InChI is InChI=1S/C20H23ClN2O3S/c21-17-8-6-7-16(15-17)20(11-4-5-12-20)19(24)22-13-14-23-27(25,26)18-9-2-1-3-10-18/h1-3,6-10,15,23H,4-5,11-14H2,(H,22,24). The van der Waals surface area contributed by atoms with E-state index in [4.69, 9.17) is 11.6 Å². The van der Waals surface area contributed by atoms with Crippen LogP contribution in [0.3, 0.4) is 0 Å². The summed E-state index contributed by atoms with van der Waals surface area (Å²) in [7, 11) is -3.57. The van der Waals surface area contributed by atoms with Crippen molar-refractivity contribution in [2.45, 2.75) is 36.0 Å². The number of halogens is 1. The van der Waals surface area contributed by atoms with Crippen LogP contribution in [0, 0.1) is 0 Å². The molecule has 0 aromatic heterocycles. The average Bonchev–Trinajstić information content (AvgIpc) is 3.17. The molecule has 2 N–H and O–H groups in total. The molecular formula is C20H23ClN2O3S. The summed E-state index contributed by atoms with van der Waals surface area (Å²) in [4.78, 5) is 13.2. The van der Waals surface area contributed by atoms with Crippen LogP contribution in [-0.2, 0) is 20.2 Å². The third kappa shape index (κ3) is 4.51. The van der Waals surface area contributed by atoms with E-state index in [0.29, 0.717) is 5.02 Å². The Morgan fingerprint density at radius 2 is 1.70 bits per heavy atom. The Bertz CT molecular complexity index is 894. The summed E-state index contributed by atoms with van der Waals surface area (Å²) in [5.41, 5.74) is 0.346. The highest BCUT2D eigenvalue weighted by atomic mass is 35.5. The van der Waals surface area contributed by atoms with Gasteiger partial charge in [0.1, 0.15) is 0 Å². The van der Waals surface area contributed by atoms with Gasteiger partial charge in [-0.2, -0.15) is 0 Å². The summed E-state index contributed by atoms with van der Waals surface area (Å²) in [6.07, 6.45) is 3.52. The summed E-state index contributed by atoms with van der Waals surface area (Å²) in [6.45, 7) is 0.363. The number of hydrogen-bond acceptors (Lipinski definition) is 3. The minimum absolute atomic E-state index is 0.0684. The zero-order chi connectivity index (χ0) is 19.3. The second-order valence-corrected chi connectivity index (χ2v) is 8.97. The van der Waals surface area contributed by atoms with E-state index >= 15 is 0 Å². The zero-order valence-electron chi connectivity index (χ0n) is 14.9. The van der Waals surface area contributed by atoms with E-state index in [1.54, 1.807) is 24.3 Å². The third-order valence-electron chi connectivity index (χ3n) is 5.03. The maximum absolute atomic E-state index is 12.9. The second-order valence-electron chi connectivity index (χ2n) is 6.77. The fraction of sp³-hybridized carbons (Fsp3) is 0.350. The van der Waals surface area contributed by atoms with Crippen molar-refractivity contribution in [2.75, 3.05) is 13.1 Å². The van der Waals surface area contributed by atoms with Crippen molar-refractivity contribution in [3.8, 4) is 0 Å². The van der Waals surface area contributed by atoms with Crippen LogP contribution in [-0.4, -0.2) is 27.4 Å². The molecule has 1 aliphatic carbocycles. The molecule has 2 aromatic rings. The molecule has 5 nitrogen and oxygen atoms in total. The molecule has 1 saturated carbocycles. The first kappa shape index (κ1) is 19.9. The van der Waals surface area contributed by atoms with Gasteiger partial charge in [-0.15, -0.1) is 0 Å². The minimum Gasteiger partial charge on any atom is -0.354 e. The van der Waals surface area contributed by atoms with E-state index < -0.39 is 15.4 Å². The van der Waals surface area contributed by atoms with E-state index in [1.807, 2.05) is 18.2 Å². The SMILES string of the molecule is O=C(NCCNS(=O)(=O)c1ccccc1)C1(c2cccc(Cl)c2)CCCC1. The molecule has 1 fully saturated rings. The van der Waals surface area contributed by atoms with Gasteiger partial charge < -0.3 is 5.32 Å². The lowest BCUT2D eigenvalue weighted by molar-refractivity contribution is -0.126. The van der Waals surface area contributed by atoms with Gasteiger partial charge in [0.2, 0.25) is 15.9 Å². The molecule has 0 bridgehead atoms. The van der Waals surface area contributed by atoms with Crippen LogP contribution in [0.4, 0.5) is 0 Å². The van der Waals surface area contributed by atoms with Crippen molar-refractivity contribution in [1.82, 2.24) is 10.0 Å². The third-order valence-corrected chi connectivity index (χ3v) is 6.74. The monoisotopic (exact) mass is 406 g/mol. The highest BCUT2D eigenvalue weighted by Gasteiger charge is 2.42. The van der Waals surface area contributed by atoms with Crippen molar-refractivity contribution >= 4 is 27.5 Å². The van der Waals surface area contributed by atoms with E-state index in [2.05, 4.69) is 10.0 Å².